The first-order valence-electron chi connectivity index (χ1n) is 10.4. The molecule has 0 rings (SSSR count). The maximum atomic E-state index is 12.3. The molecule has 0 amide bonds. The Hall–Kier alpha value is 0.520. The topological polar surface area (TPSA) is 17.1 Å². The van der Waals surface area contributed by atoms with Crippen molar-refractivity contribution >= 4 is 17.7 Å². The van der Waals surface area contributed by atoms with Gasteiger partial charge in [0.1, 0.15) is 0 Å². The Morgan fingerprint density at radius 2 is 0.783 bits per heavy atom. The SMILES string of the molecule is CCCCCCCCCCP(=O)(Cl)CCCCCCCCCC. The van der Waals surface area contributed by atoms with Crippen molar-refractivity contribution < 1.29 is 4.57 Å². The first-order valence-corrected chi connectivity index (χ1v) is 13.4. The largest absolute Gasteiger partial charge is 0.307 e. The van der Waals surface area contributed by atoms with E-state index in [1.807, 2.05) is 0 Å². The van der Waals surface area contributed by atoms with E-state index in [-0.39, 0.29) is 0 Å². The van der Waals surface area contributed by atoms with E-state index in [1.54, 1.807) is 0 Å². The van der Waals surface area contributed by atoms with E-state index in [9.17, 15) is 4.57 Å². The van der Waals surface area contributed by atoms with Crippen molar-refractivity contribution in [3.63, 3.8) is 0 Å². The van der Waals surface area contributed by atoms with Crippen LogP contribution >= 0.6 is 17.7 Å². The summed E-state index contributed by atoms with van der Waals surface area (Å²) in [6.07, 6.45) is 22.2. The van der Waals surface area contributed by atoms with Crippen LogP contribution in [0.1, 0.15) is 117 Å². The summed E-state index contributed by atoms with van der Waals surface area (Å²) >= 11 is 6.25. The third kappa shape index (κ3) is 18.7. The summed E-state index contributed by atoms with van der Waals surface area (Å²) in [5, 5.41) is 0. The van der Waals surface area contributed by atoms with Crippen LogP contribution in [0.25, 0.3) is 0 Å². The maximum Gasteiger partial charge on any atom is 0.169 e. The molecule has 0 spiro atoms. The first kappa shape index (κ1) is 23.5. The number of unbranched alkanes of at least 4 members (excludes halogenated alkanes) is 14. The van der Waals surface area contributed by atoms with Crippen LogP contribution in [0.15, 0.2) is 0 Å². The van der Waals surface area contributed by atoms with E-state index >= 15 is 0 Å². The normalized spacial score (nSPS) is 12.0. The molecule has 0 N–H and O–H groups in total. The van der Waals surface area contributed by atoms with E-state index in [2.05, 4.69) is 13.8 Å². The average molecular weight is 365 g/mol. The fourth-order valence-electron chi connectivity index (χ4n) is 3.08. The van der Waals surface area contributed by atoms with Crippen LogP contribution < -0.4 is 0 Å². The Kier molecular flexibility index (Phi) is 17.7. The summed E-state index contributed by atoms with van der Waals surface area (Å²) in [5.41, 5.74) is 0. The van der Waals surface area contributed by atoms with Crippen molar-refractivity contribution in [3.05, 3.63) is 0 Å². The highest BCUT2D eigenvalue weighted by Gasteiger charge is 2.16. The monoisotopic (exact) mass is 364 g/mol. The second kappa shape index (κ2) is 17.3. The molecule has 0 aliphatic rings. The fourth-order valence-corrected chi connectivity index (χ4v) is 5.41. The fraction of sp³-hybridized carbons (Fsp3) is 1.00. The van der Waals surface area contributed by atoms with Gasteiger partial charge in [0, 0.05) is 12.3 Å². The molecule has 0 fully saturated rings. The quantitative estimate of drug-likeness (QED) is 0.175. The number of rotatable bonds is 18. The van der Waals surface area contributed by atoms with Gasteiger partial charge < -0.3 is 4.57 Å². The Morgan fingerprint density at radius 1 is 0.522 bits per heavy atom. The minimum absolute atomic E-state index is 0.764. The van der Waals surface area contributed by atoms with Crippen molar-refractivity contribution in [2.75, 3.05) is 12.3 Å². The molecular formula is C20H42ClOP. The van der Waals surface area contributed by atoms with Crippen LogP contribution in [0.5, 0.6) is 0 Å². The van der Waals surface area contributed by atoms with Gasteiger partial charge in [0.25, 0.3) is 0 Å². The molecule has 0 heterocycles. The summed E-state index contributed by atoms with van der Waals surface area (Å²) in [4.78, 5) is 0. The molecule has 1 nitrogen and oxygen atoms in total. The lowest BCUT2D eigenvalue weighted by Gasteiger charge is -2.10. The highest BCUT2D eigenvalue weighted by Crippen LogP contribution is 2.52. The van der Waals surface area contributed by atoms with E-state index in [0.29, 0.717) is 0 Å². The molecule has 0 bridgehead atoms. The van der Waals surface area contributed by atoms with Gasteiger partial charge in [-0.2, -0.15) is 0 Å². The number of halogens is 1. The molecule has 23 heavy (non-hydrogen) atoms. The van der Waals surface area contributed by atoms with Gasteiger partial charge in [0.05, 0.1) is 0 Å². The Morgan fingerprint density at radius 3 is 1.09 bits per heavy atom. The zero-order chi connectivity index (χ0) is 17.2. The standard InChI is InChI=1S/C20H42ClOP/c1-3-5-7-9-11-13-15-17-19-23(21,22)20-18-16-14-12-10-8-6-4-2/h3-20H2,1-2H3. The molecule has 0 saturated heterocycles. The number of hydrogen-bond donors (Lipinski definition) is 0. The third-order valence-corrected chi connectivity index (χ3v) is 7.67. The van der Waals surface area contributed by atoms with Crippen molar-refractivity contribution in [2.24, 2.45) is 0 Å². The average Bonchev–Trinajstić information content (AvgIpc) is 2.52. The minimum Gasteiger partial charge on any atom is -0.307 e. The van der Waals surface area contributed by atoms with Gasteiger partial charge in [0.2, 0.25) is 0 Å². The summed E-state index contributed by atoms with van der Waals surface area (Å²) in [5.74, 6) is 0. The number of hydrogen-bond acceptors (Lipinski definition) is 1. The summed E-state index contributed by atoms with van der Waals surface area (Å²) in [7, 11) is 0. The molecule has 0 aromatic heterocycles. The smallest absolute Gasteiger partial charge is 0.169 e. The molecule has 0 atom stereocenters. The lowest BCUT2D eigenvalue weighted by atomic mass is 10.1. The molecule has 0 unspecified atom stereocenters. The van der Waals surface area contributed by atoms with Gasteiger partial charge in [-0.25, -0.2) is 0 Å². The Bertz CT molecular complexity index is 257. The predicted octanol–water partition coefficient (Wildman–Crippen LogP) is 8.78. The second-order valence-electron chi connectivity index (χ2n) is 7.19. The van der Waals surface area contributed by atoms with Crippen LogP contribution in [0.3, 0.4) is 0 Å². The molecule has 0 aliphatic heterocycles. The lowest BCUT2D eigenvalue weighted by molar-refractivity contribution is 0.563. The Balaban J connectivity index is 3.35. The van der Waals surface area contributed by atoms with Crippen molar-refractivity contribution in [1.29, 1.82) is 0 Å². The van der Waals surface area contributed by atoms with E-state index in [0.717, 1.165) is 25.2 Å². The lowest BCUT2D eigenvalue weighted by Crippen LogP contribution is -1.92. The van der Waals surface area contributed by atoms with Crippen LogP contribution in [0.4, 0.5) is 0 Å². The second-order valence-corrected chi connectivity index (χ2v) is 11.5. The molecule has 0 aromatic rings. The highest BCUT2D eigenvalue weighted by atomic mass is 35.7. The van der Waals surface area contributed by atoms with Crippen molar-refractivity contribution in [1.82, 2.24) is 0 Å². The zero-order valence-electron chi connectivity index (χ0n) is 16.0. The summed E-state index contributed by atoms with van der Waals surface area (Å²) in [6.45, 7) is 2.16. The van der Waals surface area contributed by atoms with Gasteiger partial charge in [0.15, 0.2) is 6.49 Å². The highest BCUT2D eigenvalue weighted by molar-refractivity contribution is 7.89. The molecular weight excluding hydrogens is 323 g/mol. The van der Waals surface area contributed by atoms with E-state index in [1.165, 1.54) is 89.9 Å². The molecule has 140 valence electrons. The van der Waals surface area contributed by atoms with E-state index < -0.39 is 6.49 Å². The Labute approximate surface area is 151 Å². The van der Waals surface area contributed by atoms with Crippen LogP contribution in [-0.2, 0) is 4.57 Å². The van der Waals surface area contributed by atoms with Gasteiger partial charge in [-0.1, -0.05) is 115 Å². The molecule has 0 aliphatic carbocycles. The predicted molar refractivity (Wildman–Crippen MR) is 108 cm³/mol. The van der Waals surface area contributed by atoms with Gasteiger partial charge >= 0.3 is 0 Å². The van der Waals surface area contributed by atoms with Gasteiger partial charge in [-0.15, -0.1) is 0 Å². The van der Waals surface area contributed by atoms with Crippen molar-refractivity contribution in [3.8, 4) is 0 Å². The van der Waals surface area contributed by atoms with Gasteiger partial charge in [-0.3, -0.25) is 0 Å². The van der Waals surface area contributed by atoms with Crippen molar-refractivity contribution in [2.45, 2.75) is 117 Å². The molecule has 0 radical (unpaired) electrons. The summed E-state index contributed by atoms with van der Waals surface area (Å²) < 4.78 is 12.3. The molecule has 3 heteroatoms. The third-order valence-electron chi connectivity index (χ3n) is 4.69. The molecule has 0 aromatic carbocycles. The van der Waals surface area contributed by atoms with Gasteiger partial charge in [-0.05, 0) is 12.8 Å². The van der Waals surface area contributed by atoms with Crippen LogP contribution in [-0.4, -0.2) is 12.3 Å². The minimum atomic E-state index is -2.35. The summed E-state index contributed by atoms with van der Waals surface area (Å²) in [6, 6.07) is 0. The molecule has 0 saturated carbocycles. The van der Waals surface area contributed by atoms with Crippen LogP contribution in [0.2, 0.25) is 0 Å². The zero-order valence-corrected chi connectivity index (χ0v) is 17.6. The first-order chi connectivity index (χ1) is 11.1. The maximum absolute atomic E-state index is 12.3. The van der Waals surface area contributed by atoms with E-state index in [4.69, 9.17) is 11.2 Å². The van der Waals surface area contributed by atoms with Crippen LogP contribution in [0, 0.1) is 0 Å².